The molecule has 0 amide bonds. The molecule has 122 valence electrons. The van der Waals surface area contributed by atoms with Crippen molar-refractivity contribution in [2.24, 2.45) is 5.92 Å². The van der Waals surface area contributed by atoms with E-state index in [1.54, 1.807) is 12.5 Å². The van der Waals surface area contributed by atoms with Gasteiger partial charge < -0.3 is 4.74 Å². The van der Waals surface area contributed by atoms with Gasteiger partial charge in [-0.1, -0.05) is 24.3 Å². The van der Waals surface area contributed by atoms with Crippen molar-refractivity contribution >= 4 is 5.78 Å². The SMILES string of the molecule is CC(=O)c1ccc(OCc2ccc(C3C[C@]4(F)[CH+]C34)cc2)cc1F. The molecule has 0 saturated heterocycles. The highest BCUT2D eigenvalue weighted by Gasteiger charge is 2.81. The van der Waals surface area contributed by atoms with Gasteiger partial charge in [-0.25, -0.2) is 4.39 Å². The van der Waals surface area contributed by atoms with Crippen molar-refractivity contribution in [2.45, 2.75) is 31.5 Å². The molecule has 0 spiro atoms. The first-order chi connectivity index (χ1) is 11.5. The molecular formula is C20H17F2O2+. The van der Waals surface area contributed by atoms with Crippen LogP contribution in [0, 0.1) is 18.2 Å². The quantitative estimate of drug-likeness (QED) is 0.591. The van der Waals surface area contributed by atoms with Crippen molar-refractivity contribution in [3.05, 3.63) is 71.4 Å². The van der Waals surface area contributed by atoms with Gasteiger partial charge in [0.2, 0.25) is 0 Å². The number of benzene rings is 2. The summed E-state index contributed by atoms with van der Waals surface area (Å²) in [5, 5.41) is 0. The molecule has 2 saturated carbocycles. The number of hydrogen-bond donors (Lipinski definition) is 0. The fraction of sp³-hybridized carbons (Fsp3) is 0.300. The Labute approximate surface area is 139 Å². The van der Waals surface area contributed by atoms with Gasteiger partial charge in [0.25, 0.3) is 5.67 Å². The molecule has 0 bridgehead atoms. The van der Waals surface area contributed by atoms with Gasteiger partial charge in [0.15, 0.2) is 11.7 Å². The Kier molecular flexibility index (Phi) is 3.37. The van der Waals surface area contributed by atoms with Crippen LogP contribution in [0.15, 0.2) is 42.5 Å². The summed E-state index contributed by atoms with van der Waals surface area (Å²) in [5.74, 6) is -0.0949. The Morgan fingerprint density at radius 3 is 2.58 bits per heavy atom. The zero-order chi connectivity index (χ0) is 16.9. The molecule has 2 aliphatic rings. The molecule has 0 aromatic heterocycles. The van der Waals surface area contributed by atoms with Crippen LogP contribution >= 0.6 is 0 Å². The smallest absolute Gasteiger partial charge is 0.288 e. The lowest BCUT2D eigenvalue weighted by molar-refractivity contribution is 0.101. The Balaban J connectivity index is 1.37. The van der Waals surface area contributed by atoms with Crippen molar-refractivity contribution in [3.63, 3.8) is 0 Å². The number of hydrogen-bond acceptors (Lipinski definition) is 2. The van der Waals surface area contributed by atoms with Crippen LogP contribution in [0.5, 0.6) is 5.75 Å². The number of alkyl halides is 1. The van der Waals surface area contributed by atoms with E-state index in [1.807, 2.05) is 24.3 Å². The molecule has 4 rings (SSSR count). The zero-order valence-electron chi connectivity index (χ0n) is 13.3. The molecule has 2 aromatic rings. The van der Waals surface area contributed by atoms with Gasteiger partial charge >= 0.3 is 0 Å². The van der Waals surface area contributed by atoms with Crippen LogP contribution < -0.4 is 4.74 Å². The molecule has 3 atom stereocenters. The summed E-state index contributed by atoms with van der Waals surface area (Å²) < 4.78 is 32.9. The molecular weight excluding hydrogens is 310 g/mol. The maximum Gasteiger partial charge on any atom is 0.288 e. The van der Waals surface area contributed by atoms with E-state index in [1.165, 1.54) is 19.1 Å². The van der Waals surface area contributed by atoms with Crippen LogP contribution in [0.4, 0.5) is 8.78 Å². The number of halogens is 2. The van der Waals surface area contributed by atoms with Gasteiger partial charge in [0.1, 0.15) is 24.6 Å². The van der Waals surface area contributed by atoms with Gasteiger partial charge in [-0.05, 0) is 30.2 Å². The lowest BCUT2D eigenvalue weighted by Crippen LogP contribution is -2.25. The lowest BCUT2D eigenvalue weighted by atomic mass is 9.78. The van der Waals surface area contributed by atoms with Crippen LogP contribution in [-0.4, -0.2) is 11.5 Å². The van der Waals surface area contributed by atoms with Gasteiger partial charge in [0.05, 0.1) is 5.56 Å². The zero-order valence-corrected chi connectivity index (χ0v) is 13.3. The number of rotatable bonds is 5. The molecule has 4 heteroatoms. The van der Waals surface area contributed by atoms with Crippen molar-refractivity contribution in [3.8, 4) is 5.75 Å². The minimum Gasteiger partial charge on any atom is -0.489 e. The van der Waals surface area contributed by atoms with E-state index in [-0.39, 0.29) is 17.3 Å². The molecule has 0 radical (unpaired) electrons. The van der Waals surface area contributed by atoms with E-state index in [2.05, 4.69) is 0 Å². The highest BCUT2D eigenvalue weighted by Crippen LogP contribution is 2.68. The summed E-state index contributed by atoms with van der Waals surface area (Å²) in [7, 11) is 0. The number of ether oxygens (including phenoxy) is 1. The molecule has 0 aliphatic heterocycles. The summed E-state index contributed by atoms with van der Waals surface area (Å²) in [6.07, 6.45) is 2.38. The molecule has 0 heterocycles. The van der Waals surface area contributed by atoms with E-state index in [0.29, 0.717) is 24.7 Å². The van der Waals surface area contributed by atoms with Crippen molar-refractivity contribution in [1.29, 1.82) is 0 Å². The summed E-state index contributed by atoms with van der Waals surface area (Å²) in [6.45, 7) is 1.64. The number of Topliss-reactive ketones (excluding diaryl/α,β-unsaturated/α-hetero) is 1. The van der Waals surface area contributed by atoms with E-state index in [9.17, 15) is 13.6 Å². The monoisotopic (exact) mass is 327 g/mol. The van der Waals surface area contributed by atoms with E-state index in [4.69, 9.17) is 4.74 Å². The maximum atomic E-state index is 13.8. The molecule has 0 N–H and O–H groups in total. The van der Waals surface area contributed by atoms with Crippen LogP contribution in [0.25, 0.3) is 0 Å². The molecule has 2 aromatic carbocycles. The molecule has 2 aliphatic carbocycles. The summed E-state index contributed by atoms with van der Waals surface area (Å²) >= 11 is 0. The number of fused-ring (bicyclic) bond motifs is 1. The normalized spacial score (nSPS) is 26.8. The Hall–Kier alpha value is -2.36. The van der Waals surface area contributed by atoms with Crippen molar-refractivity contribution in [2.75, 3.05) is 0 Å². The highest BCUT2D eigenvalue weighted by atomic mass is 19.1. The molecule has 2 unspecified atom stereocenters. The predicted molar refractivity (Wildman–Crippen MR) is 86.2 cm³/mol. The van der Waals surface area contributed by atoms with Gasteiger partial charge in [-0.2, -0.15) is 4.39 Å². The van der Waals surface area contributed by atoms with Crippen LogP contribution in [0.1, 0.15) is 40.7 Å². The van der Waals surface area contributed by atoms with Crippen LogP contribution in [0.3, 0.4) is 0 Å². The second kappa shape index (κ2) is 5.33. The summed E-state index contributed by atoms with van der Waals surface area (Å²) in [4.78, 5) is 11.2. The standard InChI is InChI=1S/C20H17F2O2/c1-12(23)16-7-6-15(8-19(16)21)24-11-13-2-4-14(5-3-13)17-9-20(22)10-18(17)20/h2-8,10,17-18H,9,11H2,1H3/q+1/t17?,18?,20-/m0/s1. The summed E-state index contributed by atoms with van der Waals surface area (Å²) in [5.41, 5.74) is 1.19. The maximum absolute atomic E-state index is 13.8. The van der Waals surface area contributed by atoms with Crippen molar-refractivity contribution < 1.29 is 18.3 Å². The third kappa shape index (κ3) is 2.56. The topological polar surface area (TPSA) is 26.3 Å². The Bertz CT molecular complexity index is 800. The largest absolute Gasteiger partial charge is 0.489 e. The minimum atomic E-state index is -0.984. The second-order valence-corrected chi connectivity index (χ2v) is 6.66. The first-order valence-corrected chi connectivity index (χ1v) is 8.03. The van der Waals surface area contributed by atoms with Crippen LogP contribution in [-0.2, 0) is 6.61 Å². The highest BCUT2D eigenvalue weighted by molar-refractivity contribution is 5.94. The fourth-order valence-electron chi connectivity index (χ4n) is 3.43. The van der Waals surface area contributed by atoms with Crippen molar-refractivity contribution in [1.82, 2.24) is 0 Å². The number of carbonyl (C=O) groups excluding carboxylic acids is 1. The third-order valence-corrected chi connectivity index (χ3v) is 5.00. The first kappa shape index (κ1) is 15.2. The van der Waals surface area contributed by atoms with Crippen LogP contribution in [0.2, 0.25) is 0 Å². The average molecular weight is 327 g/mol. The average Bonchev–Trinajstić information content (AvgIpc) is 3.08. The number of ketones is 1. The Morgan fingerprint density at radius 2 is 2.04 bits per heavy atom. The molecule has 2 nitrogen and oxygen atoms in total. The Morgan fingerprint density at radius 1 is 1.29 bits per heavy atom. The van der Waals surface area contributed by atoms with Gasteiger partial charge in [0, 0.05) is 18.4 Å². The lowest BCUT2D eigenvalue weighted by Gasteiger charge is -2.21. The molecule has 24 heavy (non-hydrogen) atoms. The number of carbonyl (C=O) groups is 1. The predicted octanol–water partition coefficient (Wildman–Crippen LogP) is 4.64. The van der Waals surface area contributed by atoms with E-state index >= 15 is 0 Å². The molecule has 2 fully saturated rings. The van der Waals surface area contributed by atoms with E-state index < -0.39 is 11.5 Å². The van der Waals surface area contributed by atoms with E-state index in [0.717, 1.165) is 11.1 Å². The minimum absolute atomic E-state index is 0.0630. The van der Waals surface area contributed by atoms with Gasteiger partial charge in [-0.15, -0.1) is 0 Å². The summed E-state index contributed by atoms with van der Waals surface area (Å²) in [6, 6.07) is 12.2. The fourth-order valence-corrected chi connectivity index (χ4v) is 3.43. The first-order valence-electron chi connectivity index (χ1n) is 8.03. The van der Waals surface area contributed by atoms with Gasteiger partial charge in [-0.3, -0.25) is 4.79 Å². The third-order valence-electron chi connectivity index (χ3n) is 5.00. The second-order valence-electron chi connectivity index (χ2n) is 6.66.